The molecule has 1 aliphatic heterocycles. The molecule has 0 aromatic heterocycles. The molecule has 0 saturated heterocycles. The summed E-state index contributed by atoms with van der Waals surface area (Å²) in [5, 5.41) is 3.38. The molecular formula is C4H4NO+. The lowest BCUT2D eigenvalue weighted by atomic mass is 10.6. The maximum atomic E-state index is 4.47. The molecule has 2 nitrogen and oxygen atoms in total. The van der Waals surface area contributed by atoms with E-state index >= 15 is 0 Å². The third kappa shape index (κ3) is 0.360. The lowest BCUT2D eigenvalue weighted by Crippen LogP contribution is -1.53. The molecule has 0 aromatic carbocycles. The van der Waals surface area contributed by atoms with Gasteiger partial charge in [0.25, 0.3) is 0 Å². The molecule has 0 unspecified atom stereocenters. The van der Waals surface area contributed by atoms with E-state index in [2.05, 4.69) is 16.3 Å². The summed E-state index contributed by atoms with van der Waals surface area (Å²) in [6.07, 6.45) is 3.25. The van der Waals surface area contributed by atoms with Gasteiger partial charge in [0.15, 0.2) is 5.18 Å². The van der Waals surface area contributed by atoms with E-state index < -0.39 is 0 Å². The van der Waals surface area contributed by atoms with E-state index in [4.69, 9.17) is 0 Å². The summed E-state index contributed by atoms with van der Waals surface area (Å²) in [6.45, 7) is 3.45. The van der Waals surface area contributed by atoms with Crippen molar-refractivity contribution >= 4 is 0 Å². The predicted molar refractivity (Wildman–Crippen MR) is 24.1 cm³/mol. The molecule has 1 aliphatic rings. The average molecular weight is 82.1 g/mol. The molecule has 0 amide bonds. The summed E-state index contributed by atoms with van der Waals surface area (Å²) in [5.74, 6) is 0.606. The summed E-state index contributed by atoms with van der Waals surface area (Å²) in [6, 6.07) is 0. The second-order valence-corrected chi connectivity index (χ2v) is 0.979. The van der Waals surface area contributed by atoms with Crippen LogP contribution in [0.2, 0.25) is 0 Å². The SMILES string of the molecule is C=C1C=CN=[O+]1. The topological polar surface area (TPSA) is 23.7 Å². The largest absolute Gasteiger partial charge is 0.394 e. The molecule has 0 fully saturated rings. The van der Waals surface area contributed by atoms with Crippen LogP contribution in [0.1, 0.15) is 0 Å². The Morgan fingerprint density at radius 1 is 1.83 bits per heavy atom. The summed E-state index contributed by atoms with van der Waals surface area (Å²) >= 11 is 0. The van der Waals surface area contributed by atoms with Gasteiger partial charge in [0.1, 0.15) is 6.20 Å². The highest BCUT2D eigenvalue weighted by Crippen LogP contribution is 1.99. The Morgan fingerprint density at radius 2 is 2.67 bits per heavy atom. The zero-order chi connectivity index (χ0) is 4.41. The van der Waals surface area contributed by atoms with Crippen molar-refractivity contribution < 1.29 is 0 Å². The quantitative estimate of drug-likeness (QED) is 0.393. The van der Waals surface area contributed by atoms with Gasteiger partial charge in [-0.05, 0) is 0 Å². The predicted octanol–water partition coefficient (Wildman–Crippen LogP) is 1.33. The zero-order valence-electron chi connectivity index (χ0n) is 3.22. The fourth-order valence-corrected chi connectivity index (χ4v) is 0.242. The first kappa shape index (κ1) is 3.28. The first-order valence-electron chi connectivity index (χ1n) is 1.62. The van der Waals surface area contributed by atoms with Crippen LogP contribution in [0.5, 0.6) is 0 Å². The molecule has 0 bridgehead atoms. The van der Waals surface area contributed by atoms with Gasteiger partial charge in [-0.25, -0.2) is 0 Å². The third-order valence-corrected chi connectivity index (χ3v) is 0.491. The molecule has 1 heterocycles. The Kier molecular flexibility index (Phi) is 0.572. The summed E-state index contributed by atoms with van der Waals surface area (Å²) in [5.41, 5.74) is 0. The fourth-order valence-electron chi connectivity index (χ4n) is 0.242. The van der Waals surface area contributed by atoms with Gasteiger partial charge in [-0.15, -0.1) is 0 Å². The van der Waals surface area contributed by atoms with Crippen LogP contribution >= 0.6 is 0 Å². The smallest absolute Gasteiger partial charge is 0.0685 e. The lowest BCUT2D eigenvalue weighted by molar-refractivity contribution is 1.53. The van der Waals surface area contributed by atoms with Crippen LogP contribution in [0.4, 0.5) is 0 Å². The van der Waals surface area contributed by atoms with E-state index in [0.29, 0.717) is 5.76 Å². The molecule has 0 N–H and O–H groups in total. The number of hydrogen-bond acceptors (Lipinski definition) is 1. The van der Waals surface area contributed by atoms with Gasteiger partial charge in [0.2, 0.25) is 0 Å². The molecule has 1 rings (SSSR count). The van der Waals surface area contributed by atoms with E-state index in [-0.39, 0.29) is 0 Å². The molecule has 0 saturated carbocycles. The van der Waals surface area contributed by atoms with Gasteiger partial charge in [-0.1, -0.05) is 4.54 Å². The van der Waals surface area contributed by atoms with Gasteiger partial charge >= 0.3 is 5.76 Å². The second-order valence-electron chi connectivity index (χ2n) is 0.979. The van der Waals surface area contributed by atoms with Crippen LogP contribution in [-0.4, -0.2) is 0 Å². The van der Waals surface area contributed by atoms with Gasteiger partial charge in [-0.2, -0.15) is 0 Å². The number of allylic oxidation sites excluding steroid dienone is 1. The van der Waals surface area contributed by atoms with E-state index in [1.807, 2.05) is 0 Å². The highest BCUT2D eigenvalue weighted by Gasteiger charge is 2.03. The standard InChI is InChI=1S/C4H4NO/c1-4-2-3-5-6-4/h2-3H,1H2/q+1. The minimum atomic E-state index is 0.606. The molecule has 0 spiro atoms. The molecule has 6 heavy (non-hydrogen) atoms. The normalized spacial score (nSPS) is 17.0. The highest BCUT2D eigenvalue weighted by atomic mass is 16.5. The Labute approximate surface area is 35.5 Å². The Balaban J connectivity index is 2.86. The van der Waals surface area contributed by atoms with E-state index in [1.54, 1.807) is 12.3 Å². The molecule has 0 aromatic rings. The van der Waals surface area contributed by atoms with Crippen LogP contribution in [0.25, 0.3) is 0 Å². The first-order valence-corrected chi connectivity index (χ1v) is 1.62. The van der Waals surface area contributed by atoms with Crippen molar-refractivity contribution in [2.24, 2.45) is 5.18 Å². The molecule has 0 atom stereocenters. The molecule has 0 aliphatic carbocycles. The third-order valence-electron chi connectivity index (χ3n) is 0.491. The maximum absolute atomic E-state index is 4.47. The van der Waals surface area contributed by atoms with Gasteiger partial charge in [0, 0.05) is 6.58 Å². The van der Waals surface area contributed by atoms with Crippen molar-refractivity contribution in [2.75, 3.05) is 0 Å². The number of rotatable bonds is 0. The monoisotopic (exact) mass is 82.0 g/mol. The van der Waals surface area contributed by atoms with Gasteiger partial charge < -0.3 is 0 Å². The van der Waals surface area contributed by atoms with Gasteiger partial charge in [0.05, 0.1) is 6.08 Å². The van der Waals surface area contributed by atoms with Crippen molar-refractivity contribution in [3.63, 3.8) is 0 Å². The first-order chi connectivity index (χ1) is 2.89. The van der Waals surface area contributed by atoms with Crippen LogP contribution in [-0.2, 0) is 0 Å². The van der Waals surface area contributed by atoms with E-state index in [0.717, 1.165) is 0 Å². The Bertz CT molecular complexity index is 110. The van der Waals surface area contributed by atoms with Crippen LogP contribution in [0.3, 0.4) is 0 Å². The van der Waals surface area contributed by atoms with Crippen molar-refractivity contribution in [3.05, 3.63) is 29.2 Å². The van der Waals surface area contributed by atoms with Crippen molar-refractivity contribution in [1.82, 2.24) is 0 Å². The lowest BCUT2D eigenvalue weighted by Gasteiger charge is -1.49. The Morgan fingerprint density at radius 3 is 2.83 bits per heavy atom. The molecule has 30 valence electrons. The minimum Gasteiger partial charge on any atom is -0.0685 e. The minimum absolute atomic E-state index is 0.606. The van der Waals surface area contributed by atoms with Crippen LogP contribution in [0.15, 0.2) is 29.8 Å². The van der Waals surface area contributed by atoms with Gasteiger partial charge in [-0.3, -0.25) is 0 Å². The Hall–Kier alpha value is -0.920. The maximum Gasteiger partial charge on any atom is 0.394 e. The summed E-state index contributed by atoms with van der Waals surface area (Å²) in [7, 11) is 0. The van der Waals surface area contributed by atoms with E-state index in [1.165, 1.54) is 0 Å². The molecular weight excluding hydrogens is 78.0 g/mol. The zero-order valence-corrected chi connectivity index (χ0v) is 3.22. The number of hydrogen-bond donors (Lipinski definition) is 0. The second kappa shape index (κ2) is 1.05. The average Bonchev–Trinajstić information content (AvgIpc) is 1.86. The number of nitrogens with zero attached hydrogens (tertiary/aromatic N) is 1. The van der Waals surface area contributed by atoms with Crippen molar-refractivity contribution in [2.45, 2.75) is 0 Å². The highest BCUT2D eigenvalue weighted by molar-refractivity contribution is 5.25. The molecule has 2 heteroatoms. The van der Waals surface area contributed by atoms with Crippen LogP contribution < -0.4 is 0 Å². The van der Waals surface area contributed by atoms with Crippen LogP contribution in [0, 0.1) is 4.54 Å². The van der Waals surface area contributed by atoms with Crippen molar-refractivity contribution in [3.8, 4) is 0 Å². The summed E-state index contributed by atoms with van der Waals surface area (Å²) in [4.78, 5) is 0. The van der Waals surface area contributed by atoms with Crippen molar-refractivity contribution in [1.29, 1.82) is 0 Å². The fraction of sp³-hybridized carbons (Fsp3) is 0. The van der Waals surface area contributed by atoms with E-state index in [9.17, 15) is 0 Å². The summed E-state index contributed by atoms with van der Waals surface area (Å²) < 4.78 is 4.47. The molecule has 0 radical (unpaired) electrons. The number of nitroso groups, excluding NO2 is 1.